The molecule has 0 amide bonds. The molecule has 0 aliphatic heterocycles. The fraction of sp³-hybridized carbons (Fsp3) is 0.926. The van der Waals surface area contributed by atoms with Gasteiger partial charge in [-0.2, -0.15) is 0 Å². The van der Waals surface area contributed by atoms with Gasteiger partial charge in [0.15, 0.2) is 0 Å². The van der Waals surface area contributed by atoms with Crippen LogP contribution in [0.2, 0.25) is 0 Å². The fourth-order valence-corrected chi connectivity index (χ4v) is 3.80. The Morgan fingerprint density at radius 3 is 1.50 bits per heavy atom. The summed E-state index contributed by atoms with van der Waals surface area (Å²) >= 11 is 0. The van der Waals surface area contributed by atoms with Gasteiger partial charge in [-0.3, -0.25) is 0 Å². The molecule has 0 heterocycles. The molecule has 0 radical (unpaired) electrons. The van der Waals surface area contributed by atoms with Crippen LogP contribution in [0.25, 0.3) is 0 Å². The van der Waals surface area contributed by atoms with Gasteiger partial charge in [0, 0.05) is 13.7 Å². The van der Waals surface area contributed by atoms with Gasteiger partial charge in [-0.25, -0.2) is 0 Å². The summed E-state index contributed by atoms with van der Waals surface area (Å²) in [4.78, 5) is 0. The molecule has 0 aliphatic carbocycles. The highest BCUT2D eigenvalue weighted by molar-refractivity contribution is 4.81. The van der Waals surface area contributed by atoms with Crippen LogP contribution in [0.1, 0.15) is 129 Å². The number of rotatable bonds is 25. The maximum Gasteiger partial charge on any atom is 0.101 e. The van der Waals surface area contributed by atoms with Gasteiger partial charge in [0.25, 0.3) is 0 Å². The topological polar surface area (TPSA) is 38.7 Å². The minimum absolute atomic E-state index is 0.356. The SMILES string of the molecule is CCCCCCCCCCCC/C=C\CCCCCCCCCOC[C@@H](O)COC. The molecular formula is C27H54O3. The van der Waals surface area contributed by atoms with Crippen LogP contribution >= 0.6 is 0 Å². The van der Waals surface area contributed by atoms with E-state index in [-0.39, 0.29) is 0 Å². The van der Waals surface area contributed by atoms with Crippen LogP contribution in [-0.2, 0) is 9.47 Å². The average Bonchev–Trinajstić information content (AvgIpc) is 2.74. The van der Waals surface area contributed by atoms with Gasteiger partial charge < -0.3 is 14.6 Å². The number of hydrogen-bond donors (Lipinski definition) is 1. The normalized spacial score (nSPS) is 12.8. The number of aliphatic hydroxyl groups is 1. The first kappa shape index (κ1) is 29.6. The molecule has 1 N–H and O–H groups in total. The molecule has 0 aromatic rings. The van der Waals surface area contributed by atoms with Crippen molar-refractivity contribution in [2.24, 2.45) is 0 Å². The first-order valence-electron chi connectivity index (χ1n) is 13.2. The third-order valence-corrected chi connectivity index (χ3v) is 5.72. The Hall–Kier alpha value is -0.380. The molecule has 0 spiro atoms. The van der Waals surface area contributed by atoms with Gasteiger partial charge in [0.1, 0.15) is 6.10 Å². The lowest BCUT2D eigenvalue weighted by molar-refractivity contribution is -0.00684. The molecule has 180 valence electrons. The number of methoxy groups -OCH3 is 1. The Kier molecular flexibility index (Phi) is 26.3. The van der Waals surface area contributed by atoms with E-state index < -0.39 is 6.10 Å². The third-order valence-electron chi connectivity index (χ3n) is 5.72. The number of ether oxygens (including phenoxy) is 2. The zero-order chi connectivity index (χ0) is 22.0. The zero-order valence-corrected chi connectivity index (χ0v) is 20.6. The van der Waals surface area contributed by atoms with Crippen molar-refractivity contribution in [3.8, 4) is 0 Å². The van der Waals surface area contributed by atoms with Crippen molar-refractivity contribution in [3.63, 3.8) is 0 Å². The highest BCUT2D eigenvalue weighted by Gasteiger charge is 2.02. The standard InChI is InChI=1S/C27H54O3/c1-3-4-5-6-7-8-9-10-11-12-13-14-15-16-17-18-19-20-21-22-23-24-30-26-27(28)25-29-2/h14-15,27-28H,3-13,16-26H2,1-2H3/b15-14-/t27-/m0/s1. The molecule has 3 nitrogen and oxygen atoms in total. The van der Waals surface area contributed by atoms with E-state index in [0.29, 0.717) is 13.2 Å². The molecule has 0 bridgehead atoms. The van der Waals surface area contributed by atoms with Crippen LogP contribution in [0, 0.1) is 0 Å². The van der Waals surface area contributed by atoms with E-state index in [1.807, 2.05) is 0 Å². The summed E-state index contributed by atoms with van der Waals surface area (Å²) in [5.41, 5.74) is 0. The van der Waals surface area contributed by atoms with Crippen molar-refractivity contribution < 1.29 is 14.6 Å². The molecule has 0 saturated carbocycles. The van der Waals surface area contributed by atoms with Crippen LogP contribution in [0.3, 0.4) is 0 Å². The van der Waals surface area contributed by atoms with Crippen molar-refractivity contribution in [1.82, 2.24) is 0 Å². The summed E-state index contributed by atoms with van der Waals surface area (Å²) in [7, 11) is 1.60. The van der Waals surface area contributed by atoms with E-state index >= 15 is 0 Å². The van der Waals surface area contributed by atoms with E-state index in [1.165, 1.54) is 116 Å². The summed E-state index contributed by atoms with van der Waals surface area (Å²) in [5, 5.41) is 9.47. The summed E-state index contributed by atoms with van der Waals surface area (Å²) in [6, 6.07) is 0. The first-order chi connectivity index (χ1) is 14.8. The fourth-order valence-electron chi connectivity index (χ4n) is 3.80. The molecular weight excluding hydrogens is 372 g/mol. The minimum atomic E-state index is -0.487. The highest BCUT2D eigenvalue weighted by Crippen LogP contribution is 2.12. The molecule has 0 rings (SSSR count). The van der Waals surface area contributed by atoms with E-state index in [4.69, 9.17) is 9.47 Å². The van der Waals surface area contributed by atoms with E-state index in [1.54, 1.807) is 7.11 Å². The first-order valence-corrected chi connectivity index (χ1v) is 13.2. The molecule has 0 aromatic heterocycles. The van der Waals surface area contributed by atoms with Gasteiger partial charge in [-0.1, -0.05) is 109 Å². The summed E-state index contributed by atoms with van der Waals surface area (Å²) in [5.74, 6) is 0. The second kappa shape index (κ2) is 26.7. The highest BCUT2D eigenvalue weighted by atomic mass is 16.5. The van der Waals surface area contributed by atoms with Crippen molar-refractivity contribution >= 4 is 0 Å². The summed E-state index contributed by atoms with van der Waals surface area (Å²) in [6.45, 7) is 3.79. The van der Waals surface area contributed by atoms with Gasteiger partial charge in [-0.05, 0) is 32.1 Å². The van der Waals surface area contributed by atoms with Crippen LogP contribution < -0.4 is 0 Å². The largest absolute Gasteiger partial charge is 0.388 e. The Morgan fingerprint density at radius 2 is 1.03 bits per heavy atom. The maximum atomic E-state index is 9.47. The predicted octanol–water partition coefficient (Wildman–Crippen LogP) is 8.00. The van der Waals surface area contributed by atoms with Gasteiger partial charge >= 0.3 is 0 Å². The number of allylic oxidation sites excluding steroid dienone is 2. The summed E-state index contributed by atoms with van der Waals surface area (Å²) in [6.07, 6.45) is 30.2. The lowest BCUT2D eigenvalue weighted by Crippen LogP contribution is -2.21. The molecule has 0 unspecified atom stereocenters. The minimum Gasteiger partial charge on any atom is -0.388 e. The van der Waals surface area contributed by atoms with Crippen molar-refractivity contribution in [3.05, 3.63) is 12.2 Å². The van der Waals surface area contributed by atoms with Crippen LogP contribution in [-0.4, -0.2) is 38.1 Å². The van der Waals surface area contributed by atoms with Crippen LogP contribution in [0.5, 0.6) is 0 Å². The Balaban J connectivity index is 3.10. The van der Waals surface area contributed by atoms with Crippen LogP contribution in [0.15, 0.2) is 12.2 Å². The lowest BCUT2D eigenvalue weighted by Gasteiger charge is -2.09. The number of hydrogen-bond acceptors (Lipinski definition) is 3. The van der Waals surface area contributed by atoms with Crippen molar-refractivity contribution in [2.75, 3.05) is 26.9 Å². The lowest BCUT2D eigenvalue weighted by atomic mass is 10.1. The van der Waals surface area contributed by atoms with E-state index in [2.05, 4.69) is 19.1 Å². The number of aliphatic hydroxyl groups excluding tert-OH is 1. The molecule has 0 fully saturated rings. The van der Waals surface area contributed by atoms with E-state index in [0.717, 1.165) is 13.0 Å². The monoisotopic (exact) mass is 426 g/mol. The van der Waals surface area contributed by atoms with Crippen molar-refractivity contribution in [1.29, 1.82) is 0 Å². The Bertz CT molecular complexity index is 330. The molecule has 30 heavy (non-hydrogen) atoms. The van der Waals surface area contributed by atoms with E-state index in [9.17, 15) is 5.11 Å². The number of unbranched alkanes of at least 4 members (excludes halogenated alkanes) is 17. The molecule has 3 heteroatoms. The second-order valence-corrected chi connectivity index (χ2v) is 8.89. The molecule has 0 aromatic carbocycles. The molecule has 0 aliphatic rings. The molecule has 1 atom stereocenters. The Morgan fingerprint density at radius 1 is 0.600 bits per heavy atom. The van der Waals surface area contributed by atoms with Gasteiger partial charge in [0.2, 0.25) is 0 Å². The van der Waals surface area contributed by atoms with Gasteiger partial charge in [0.05, 0.1) is 13.2 Å². The maximum absolute atomic E-state index is 9.47. The molecule has 0 saturated heterocycles. The third kappa shape index (κ3) is 25.7. The van der Waals surface area contributed by atoms with Crippen LogP contribution in [0.4, 0.5) is 0 Å². The predicted molar refractivity (Wildman–Crippen MR) is 131 cm³/mol. The van der Waals surface area contributed by atoms with Crippen molar-refractivity contribution in [2.45, 2.75) is 135 Å². The average molecular weight is 427 g/mol. The zero-order valence-electron chi connectivity index (χ0n) is 20.6. The summed E-state index contributed by atoms with van der Waals surface area (Å²) < 4.78 is 10.3. The smallest absolute Gasteiger partial charge is 0.101 e. The van der Waals surface area contributed by atoms with Gasteiger partial charge in [-0.15, -0.1) is 0 Å². The second-order valence-electron chi connectivity index (χ2n) is 8.89. The Labute approximate surface area is 189 Å². The quantitative estimate of drug-likeness (QED) is 0.119.